The van der Waals surface area contributed by atoms with Gasteiger partial charge in [-0.2, -0.15) is 0 Å². The highest BCUT2D eigenvalue weighted by molar-refractivity contribution is 14.0. The number of aliphatic imine (C=N–C) groups is 1. The number of halogens is 1. The minimum absolute atomic E-state index is 0. The summed E-state index contributed by atoms with van der Waals surface area (Å²) in [6, 6.07) is 13.0. The number of benzene rings is 1. The number of thiophene rings is 1. The molecule has 0 saturated carbocycles. The molecule has 1 aromatic heterocycles. The first kappa shape index (κ1) is 20.2. The van der Waals surface area contributed by atoms with Gasteiger partial charge in [0.1, 0.15) is 0 Å². The van der Waals surface area contributed by atoms with E-state index in [2.05, 4.69) is 63.2 Å². The molecule has 2 N–H and O–H groups in total. The van der Waals surface area contributed by atoms with Gasteiger partial charge in [0.15, 0.2) is 5.96 Å². The molecule has 1 atom stereocenters. The maximum atomic E-state index is 4.34. The second kappa shape index (κ2) is 10.1. The van der Waals surface area contributed by atoms with Crippen molar-refractivity contribution in [2.45, 2.75) is 25.9 Å². The molecule has 1 aromatic carbocycles. The van der Waals surface area contributed by atoms with Gasteiger partial charge >= 0.3 is 0 Å². The van der Waals surface area contributed by atoms with Gasteiger partial charge in [0.25, 0.3) is 0 Å². The van der Waals surface area contributed by atoms with Crippen molar-refractivity contribution in [3.63, 3.8) is 0 Å². The van der Waals surface area contributed by atoms with E-state index in [-0.39, 0.29) is 30.0 Å². The molecule has 1 unspecified atom stereocenters. The maximum Gasteiger partial charge on any atom is 0.191 e. The zero-order chi connectivity index (χ0) is 16.8. The summed E-state index contributed by atoms with van der Waals surface area (Å²) in [5.74, 6) is 0.861. The van der Waals surface area contributed by atoms with E-state index in [0.717, 1.165) is 32.1 Å². The summed E-state index contributed by atoms with van der Waals surface area (Å²) < 4.78 is 0. The van der Waals surface area contributed by atoms with Crippen LogP contribution in [-0.2, 0) is 13.0 Å². The Morgan fingerprint density at radius 3 is 2.84 bits per heavy atom. The zero-order valence-corrected chi connectivity index (χ0v) is 18.0. The van der Waals surface area contributed by atoms with Crippen molar-refractivity contribution in [3.8, 4) is 0 Å². The highest BCUT2D eigenvalue weighted by Gasteiger charge is 2.16. The van der Waals surface area contributed by atoms with Crippen molar-refractivity contribution in [2.75, 3.05) is 26.7 Å². The van der Waals surface area contributed by atoms with Gasteiger partial charge in [0.05, 0.1) is 6.04 Å². The Kier molecular flexibility index (Phi) is 8.18. The van der Waals surface area contributed by atoms with Crippen LogP contribution in [0.5, 0.6) is 0 Å². The summed E-state index contributed by atoms with van der Waals surface area (Å²) in [6.45, 7) is 6.33. The van der Waals surface area contributed by atoms with Gasteiger partial charge in [0.2, 0.25) is 0 Å². The molecule has 6 heteroatoms. The molecule has 25 heavy (non-hydrogen) atoms. The van der Waals surface area contributed by atoms with Crippen LogP contribution in [0.15, 0.2) is 46.8 Å². The molecule has 0 aliphatic carbocycles. The average molecular weight is 470 g/mol. The van der Waals surface area contributed by atoms with Crippen LogP contribution in [0.25, 0.3) is 0 Å². The van der Waals surface area contributed by atoms with Crippen molar-refractivity contribution < 1.29 is 0 Å². The number of rotatable bonds is 5. The van der Waals surface area contributed by atoms with Gasteiger partial charge in [-0.3, -0.25) is 9.89 Å². The lowest BCUT2D eigenvalue weighted by Crippen LogP contribution is -2.43. The van der Waals surface area contributed by atoms with E-state index in [0.29, 0.717) is 0 Å². The molecule has 0 bridgehead atoms. The molecule has 3 rings (SSSR count). The second-order valence-corrected chi connectivity index (χ2v) is 7.17. The lowest BCUT2D eigenvalue weighted by Gasteiger charge is -2.27. The number of guanidine groups is 1. The van der Waals surface area contributed by atoms with Crippen molar-refractivity contribution in [3.05, 3.63) is 57.8 Å². The van der Waals surface area contributed by atoms with Crippen LogP contribution in [0.1, 0.15) is 29.0 Å². The highest BCUT2D eigenvalue weighted by atomic mass is 127. The molecule has 1 aliphatic heterocycles. The first-order valence-electron chi connectivity index (χ1n) is 8.56. The lowest BCUT2D eigenvalue weighted by molar-refractivity contribution is 0.260. The summed E-state index contributed by atoms with van der Waals surface area (Å²) in [5, 5.41) is 9.10. The van der Waals surface area contributed by atoms with E-state index in [4.69, 9.17) is 0 Å². The maximum absolute atomic E-state index is 4.34. The van der Waals surface area contributed by atoms with Crippen LogP contribution in [0, 0.1) is 0 Å². The molecule has 0 saturated heterocycles. The number of hydrogen-bond acceptors (Lipinski definition) is 3. The predicted octanol–water partition coefficient (Wildman–Crippen LogP) is 3.65. The van der Waals surface area contributed by atoms with Gasteiger partial charge in [-0.25, -0.2) is 0 Å². The van der Waals surface area contributed by atoms with Gasteiger partial charge in [-0.1, -0.05) is 30.3 Å². The zero-order valence-electron chi connectivity index (χ0n) is 14.9. The summed E-state index contributed by atoms with van der Waals surface area (Å²) in [6.07, 6.45) is 1.19. The number of hydrogen-bond donors (Lipinski definition) is 2. The van der Waals surface area contributed by atoms with Crippen molar-refractivity contribution >= 4 is 41.3 Å². The Labute approximate surface area is 171 Å². The molecule has 136 valence electrons. The fourth-order valence-electron chi connectivity index (χ4n) is 3.05. The number of nitrogens with one attached hydrogen (secondary N) is 2. The third kappa shape index (κ3) is 5.69. The number of fused-ring (bicyclic) bond motifs is 1. The van der Waals surface area contributed by atoms with Crippen molar-refractivity contribution in [2.24, 2.45) is 4.99 Å². The van der Waals surface area contributed by atoms with Gasteiger partial charge in [-0.05, 0) is 35.9 Å². The Morgan fingerprint density at radius 1 is 1.28 bits per heavy atom. The Bertz CT molecular complexity index is 671. The van der Waals surface area contributed by atoms with E-state index >= 15 is 0 Å². The topological polar surface area (TPSA) is 39.7 Å². The fourth-order valence-corrected chi connectivity index (χ4v) is 3.94. The van der Waals surface area contributed by atoms with Crippen LogP contribution >= 0.6 is 35.3 Å². The summed E-state index contributed by atoms with van der Waals surface area (Å²) in [7, 11) is 1.82. The van der Waals surface area contributed by atoms with Crippen LogP contribution in [-0.4, -0.2) is 37.5 Å². The van der Waals surface area contributed by atoms with Crippen molar-refractivity contribution in [1.82, 2.24) is 15.5 Å². The van der Waals surface area contributed by atoms with Gasteiger partial charge in [-0.15, -0.1) is 35.3 Å². The Balaban J connectivity index is 0.00000225. The minimum Gasteiger partial charge on any atom is -0.355 e. The largest absolute Gasteiger partial charge is 0.355 e. The molecule has 0 amide bonds. The summed E-state index contributed by atoms with van der Waals surface area (Å²) in [5.41, 5.74) is 2.77. The molecule has 0 fully saturated rings. The van der Waals surface area contributed by atoms with E-state index in [9.17, 15) is 0 Å². The van der Waals surface area contributed by atoms with E-state index in [1.807, 2.05) is 24.5 Å². The summed E-state index contributed by atoms with van der Waals surface area (Å²) in [4.78, 5) is 8.41. The molecule has 2 aromatic rings. The third-order valence-electron chi connectivity index (χ3n) is 4.48. The summed E-state index contributed by atoms with van der Waals surface area (Å²) >= 11 is 1.89. The third-order valence-corrected chi connectivity index (χ3v) is 5.51. The van der Waals surface area contributed by atoms with Crippen LogP contribution < -0.4 is 10.6 Å². The van der Waals surface area contributed by atoms with Gasteiger partial charge < -0.3 is 10.6 Å². The van der Waals surface area contributed by atoms with Crippen LogP contribution in [0.2, 0.25) is 0 Å². The predicted molar refractivity (Wildman–Crippen MR) is 118 cm³/mol. The Morgan fingerprint density at radius 2 is 2.08 bits per heavy atom. The average Bonchev–Trinajstić information content (AvgIpc) is 3.09. The first-order chi connectivity index (χ1) is 11.8. The monoisotopic (exact) mass is 470 g/mol. The molecule has 1 aliphatic rings. The van der Waals surface area contributed by atoms with E-state index in [1.54, 1.807) is 4.88 Å². The van der Waals surface area contributed by atoms with Crippen LogP contribution in [0.4, 0.5) is 0 Å². The fraction of sp³-hybridized carbons (Fsp3) is 0.421. The standard InChI is InChI=1S/C19H26N4S.HI/c1-15(16-6-4-3-5-7-16)22-19(20-2)21-10-12-23-11-8-18-17(14-23)9-13-24-18;/h3-7,9,13,15H,8,10-12,14H2,1-2H3,(H2,20,21,22);1H. The Hall–Kier alpha value is -1.12. The second-order valence-electron chi connectivity index (χ2n) is 6.17. The van der Waals surface area contributed by atoms with Crippen molar-refractivity contribution in [1.29, 1.82) is 0 Å². The highest BCUT2D eigenvalue weighted by Crippen LogP contribution is 2.23. The SMILES string of the molecule is CN=C(NCCN1CCc2sccc2C1)NC(C)c1ccccc1.I. The molecular formula is C19H27IN4S. The van der Waals surface area contributed by atoms with E-state index in [1.165, 1.54) is 17.5 Å². The van der Waals surface area contributed by atoms with Crippen LogP contribution in [0.3, 0.4) is 0 Å². The molecule has 2 heterocycles. The molecular weight excluding hydrogens is 443 g/mol. The lowest BCUT2D eigenvalue weighted by atomic mass is 10.1. The molecule has 0 spiro atoms. The normalized spacial score (nSPS) is 15.8. The van der Waals surface area contributed by atoms with E-state index < -0.39 is 0 Å². The quantitative estimate of drug-likeness (QED) is 0.398. The smallest absolute Gasteiger partial charge is 0.191 e. The molecule has 4 nitrogen and oxygen atoms in total. The first-order valence-corrected chi connectivity index (χ1v) is 9.44. The number of nitrogens with zero attached hydrogens (tertiary/aromatic N) is 2. The molecule has 0 radical (unpaired) electrons. The van der Waals surface area contributed by atoms with Gasteiger partial charge in [0, 0.05) is 38.1 Å². The minimum atomic E-state index is 0.